The zero-order valence-electron chi connectivity index (χ0n) is 15.6. The predicted molar refractivity (Wildman–Crippen MR) is 103 cm³/mol. The predicted octanol–water partition coefficient (Wildman–Crippen LogP) is 2.94. The average molecular weight is 345 g/mol. The van der Waals surface area contributed by atoms with E-state index in [4.69, 9.17) is 4.74 Å². The van der Waals surface area contributed by atoms with Crippen LogP contribution in [0, 0.1) is 0 Å². The highest BCUT2D eigenvalue weighted by Crippen LogP contribution is 2.26. The van der Waals surface area contributed by atoms with Crippen LogP contribution in [0.25, 0.3) is 0 Å². The number of methoxy groups -OCH3 is 1. The molecule has 2 fully saturated rings. The monoisotopic (exact) mass is 344 g/mol. The lowest BCUT2D eigenvalue weighted by Crippen LogP contribution is -2.45. The molecule has 138 valence electrons. The minimum absolute atomic E-state index is 0.371. The molecule has 0 radical (unpaired) electrons. The van der Waals surface area contributed by atoms with Gasteiger partial charge in [-0.15, -0.1) is 0 Å². The number of ether oxygens (including phenoxy) is 1. The van der Waals surface area contributed by atoms with Crippen molar-refractivity contribution in [3.63, 3.8) is 0 Å². The van der Waals surface area contributed by atoms with Gasteiger partial charge in [0.05, 0.1) is 13.2 Å². The fourth-order valence-electron chi connectivity index (χ4n) is 3.99. The van der Waals surface area contributed by atoms with E-state index in [1.807, 2.05) is 7.05 Å². The Hall–Kier alpha value is -1.75. The number of aliphatic imine (C=N–C) groups is 1. The van der Waals surface area contributed by atoms with Crippen LogP contribution in [0.15, 0.2) is 29.3 Å². The van der Waals surface area contributed by atoms with Crippen molar-refractivity contribution >= 4 is 5.96 Å². The Kier molecular flexibility index (Phi) is 6.56. The molecule has 2 N–H and O–H groups in total. The van der Waals surface area contributed by atoms with Gasteiger partial charge in [-0.2, -0.15) is 0 Å². The fourth-order valence-corrected chi connectivity index (χ4v) is 3.99. The highest BCUT2D eigenvalue weighted by molar-refractivity contribution is 5.80. The molecule has 0 spiro atoms. The minimum atomic E-state index is 0.371. The fraction of sp³-hybridized carbons (Fsp3) is 0.650. The maximum absolute atomic E-state index is 5.31. The summed E-state index contributed by atoms with van der Waals surface area (Å²) in [6.45, 7) is 3.22. The molecule has 1 saturated carbocycles. The van der Waals surface area contributed by atoms with Crippen molar-refractivity contribution in [3.8, 4) is 5.75 Å². The smallest absolute Gasteiger partial charge is 0.191 e. The van der Waals surface area contributed by atoms with Crippen molar-refractivity contribution in [2.45, 2.75) is 50.6 Å². The van der Waals surface area contributed by atoms with Gasteiger partial charge in [-0.05, 0) is 56.5 Å². The van der Waals surface area contributed by atoms with Crippen LogP contribution in [0.4, 0.5) is 0 Å². The first-order valence-electron chi connectivity index (χ1n) is 9.65. The molecular formula is C20H32N4O. The van der Waals surface area contributed by atoms with Crippen LogP contribution in [0.1, 0.15) is 50.1 Å². The molecule has 2 aliphatic rings. The molecule has 0 bridgehead atoms. The summed E-state index contributed by atoms with van der Waals surface area (Å²) in [4.78, 5) is 7.01. The van der Waals surface area contributed by atoms with E-state index in [1.54, 1.807) is 7.11 Å². The Morgan fingerprint density at radius 3 is 2.44 bits per heavy atom. The summed E-state index contributed by atoms with van der Waals surface area (Å²) < 4.78 is 5.31. The Labute approximate surface area is 151 Å². The molecular weight excluding hydrogens is 312 g/mol. The largest absolute Gasteiger partial charge is 0.497 e. The highest BCUT2D eigenvalue weighted by Gasteiger charge is 2.24. The first kappa shape index (κ1) is 18.1. The number of nitrogens with zero attached hydrogens (tertiary/aromatic N) is 2. The van der Waals surface area contributed by atoms with Gasteiger partial charge in [-0.25, -0.2) is 0 Å². The molecule has 1 aliphatic carbocycles. The Morgan fingerprint density at radius 1 is 1.16 bits per heavy atom. The first-order valence-corrected chi connectivity index (χ1v) is 9.65. The van der Waals surface area contributed by atoms with Crippen molar-refractivity contribution in [1.29, 1.82) is 0 Å². The highest BCUT2D eigenvalue weighted by atomic mass is 16.5. The molecule has 3 rings (SSSR count). The third kappa shape index (κ3) is 4.88. The van der Waals surface area contributed by atoms with Crippen LogP contribution < -0.4 is 15.4 Å². The van der Waals surface area contributed by atoms with Gasteiger partial charge in [-0.3, -0.25) is 9.89 Å². The van der Waals surface area contributed by atoms with Gasteiger partial charge in [0.2, 0.25) is 0 Å². The van der Waals surface area contributed by atoms with Gasteiger partial charge >= 0.3 is 0 Å². The SMILES string of the molecule is CN=C(NCC(c1ccc(OC)cc1)N1CCCC1)NC1CCCC1. The second-order valence-electron chi connectivity index (χ2n) is 7.11. The Bertz CT molecular complexity index is 545. The number of likely N-dealkylation sites (tertiary alicyclic amines) is 1. The van der Waals surface area contributed by atoms with E-state index in [-0.39, 0.29) is 0 Å². The van der Waals surface area contributed by atoms with Gasteiger partial charge in [0.25, 0.3) is 0 Å². The van der Waals surface area contributed by atoms with E-state index < -0.39 is 0 Å². The maximum atomic E-state index is 5.31. The normalized spacial score (nSPS) is 20.6. The van der Waals surface area contributed by atoms with Crippen LogP contribution in [0.2, 0.25) is 0 Å². The standard InChI is InChI=1S/C20H32N4O/c1-21-20(23-17-7-3-4-8-17)22-15-19(24-13-5-6-14-24)16-9-11-18(25-2)12-10-16/h9-12,17,19H,3-8,13-15H2,1-2H3,(H2,21,22,23). The lowest BCUT2D eigenvalue weighted by molar-refractivity contribution is 0.245. The molecule has 1 aromatic carbocycles. The van der Waals surface area contributed by atoms with Gasteiger partial charge in [-0.1, -0.05) is 25.0 Å². The van der Waals surface area contributed by atoms with Gasteiger partial charge in [0.1, 0.15) is 5.75 Å². The van der Waals surface area contributed by atoms with Crippen molar-refractivity contribution < 1.29 is 4.74 Å². The van der Waals surface area contributed by atoms with E-state index in [9.17, 15) is 0 Å². The lowest BCUT2D eigenvalue weighted by atomic mass is 10.1. The molecule has 5 heteroatoms. The third-order valence-corrected chi connectivity index (χ3v) is 5.46. The van der Waals surface area contributed by atoms with Crippen LogP contribution >= 0.6 is 0 Å². The second-order valence-corrected chi connectivity index (χ2v) is 7.11. The topological polar surface area (TPSA) is 48.9 Å². The Balaban J connectivity index is 1.64. The summed E-state index contributed by atoms with van der Waals surface area (Å²) in [6.07, 6.45) is 7.76. The number of guanidine groups is 1. The van der Waals surface area contributed by atoms with Crippen LogP contribution in [-0.2, 0) is 0 Å². The number of hydrogen-bond donors (Lipinski definition) is 2. The summed E-state index contributed by atoms with van der Waals surface area (Å²) in [5.41, 5.74) is 1.34. The summed E-state index contributed by atoms with van der Waals surface area (Å²) in [5.74, 6) is 1.85. The summed E-state index contributed by atoms with van der Waals surface area (Å²) in [5, 5.41) is 7.15. The van der Waals surface area contributed by atoms with Gasteiger partial charge < -0.3 is 15.4 Å². The third-order valence-electron chi connectivity index (χ3n) is 5.46. The second kappa shape index (κ2) is 9.09. The summed E-state index contributed by atoms with van der Waals surface area (Å²) in [7, 11) is 3.58. The molecule has 25 heavy (non-hydrogen) atoms. The molecule has 1 aromatic rings. The molecule has 1 aliphatic heterocycles. The zero-order chi connectivity index (χ0) is 17.5. The number of rotatable bonds is 6. The minimum Gasteiger partial charge on any atom is -0.497 e. The van der Waals surface area contributed by atoms with Crippen molar-refractivity contribution in [1.82, 2.24) is 15.5 Å². The number of benzene rings is 1. The van der Waals surface area contributed by atoms with E-state index >= 15 is 0 Å². The van der Waals surface area contributed by atoms with Crippen molar-refractivity contribution in [3.05, 3.63) is 29.8 Å². The molecule has 1 heterocycles. The van der Waals surface area contributed by atoms with Crippen LogP contribution in [0.5, 0.6) is 5.75 Å². The molecule has 0 aromatic heterocycles. The van der Waals surface area contributed by atoms with Crippen molar-refractivity contribution in [2.24, 2.45) is 4.99 Å². The number of hydrogen-bond acceptors (Lipinski definition) is 3. The first-order chi connectivity index (χ1) is 12.3. The number of nitrogens with one attached hydrogen (secondary N) is 2. The summed E-state index contributed by atoms with van der Waals surface area (Å²) in [6, 6.07) is 9.45. The molecule has 1 unspecified atom stereocenters. The van der Waals surface area contributed by atoms with Crippen molar-refractivity contribution in [2.75, 3.05) is 33.8 Å². The maximum Gasteiger partial charge on any atom is 0.191 e. The quantitative estimate of drug-likeness (QED) is 0.615. The van der Waals surface area contributed by atoms with Gasteiger partial charge in [0.15, 0.2) is 5.96 Å². The lowest BCUT2D eigenvalue weighted by Gasteiger charge is -2.29. The average Bonchev–Trinajstić information content (AvgIpc) is 3.35. The Morgan fingerprint density at radius 2 is 1.84 bits per heavy atom. The molecule has 1 saturated heterocycles. The van der Waals surface area contributed by atoms with Gasteiger partial charge in [0, 0.05) is 19.6 Å². The van der Waals surface area contributed by atoms with E-state index in [2.05, 4.69) is 44.8 Å². The molecule has 0 amide bonds. The molecule has 5 nitrogen and oxygen atoms in total. The van der Waals surface area contributed by atoms with E-state index in [0.717, 1.165) is 18.3 Å². The van der Waals surface area contributed by atoms with E-state index in [1.165, 1.54) is 57.2 Å². The molecule has 1 atom stereocenters. The van der Waals surface area contributed by atoms with E-state index in [0.29, 0.717) is 12.1 Å². The summed E-state index contributed by atoms with van der Waals surface area (Å²) >= 11 is 0. The van der Waals surface area contributed by atoms with Crippen LogP contribution in [0.3, 0.4) is 0 Å². The zero-order valence-corrected chi connectivity index (χ0v) is 15.6. The van der Waals surface area contributed by atoms with Crippen LogP contribution in [-0.4, -0.2) is 50.7 Å².